The molecular formula is C21H14N2O3. The van der Waals surface area contributed by atoms with Crippen LogP contribution in [-0.4, -0.2) is 27.7 Å². The molecule has 26 heavy (non-hydrogen) atoms. The van der Waals surface area contributed by atoms with Gasteiger partial charge in [0.15, 0.2) is 0 Å². The number of fused-ring (bicyclic) bond motifs is 3. The molecule has 0 atom stereocenters. The van der Waals surface area contributed by atoms with Crippen LogP contribution in [0.3, 0.4) is 0 Å². The summed E-state index contributed by atoms with van der Waals surface area (Å²) in [6.07, 6.45) is 0. The van der Waals surface area contributed by atoms with Gasteiger partial charge in [-0.25, -0.2) is 0 Å². The van der Waals surface area contributed by atoms with Crippen LogP contribution >= 0.6 is 0 Å². The van der Waals surface area contributed by atoms with E-state index in [1.165, 1.54) is 4.90 Å². The van der Waals surface area contributed by atoms with E-state index in [0.717, 1.165) is 5.56 Å². The summed E-state index contributed by atoms with van der Waals surface area (Å²) in [5.41, 5.74) is 3.87. The molecule has 0 unspecified atom stereocenters. The van der Waals surface area contributed by atoms with Crippen LogP contribution < -0.4 is 5.43 Å². The highest BCUT2D eigenvalue weighted by Gasteiger charge is 2.40. The topological polar surface area (TPSA) is 58.9 Å². The van der Waals surface area contributed by atoms with Crippen molar-refractivity contribution in [3.63, 3.8) is 0 Å². The molecule has 0 bridgehead atoms. The van der Waals surface area contributed by atoms with Crippen molar-refractivity contribution in [2.24, 2.45) is 0 Å². The largest absolute Gasteiger partial charge is 0.305 e. The zero-order chi connectivity index (χ0) is 18.0. The van der Waals surface area contributed by atoms with Gasteiger partial charge in [0.2, 0.25) is 5.43 Å². The first-order valence-electron chi connectivity index (χ1n) is 8.49. The lowest BCUT2D eigenvalue weighted by Crippen LogP contribution is -2.30. The van der Waals surface area contributed by atoms with Crippen LogP contribution in [0.15, 0.2) is 59.4 Å². The second-order valence-electron chi connectivity index (χ2n) is 6.37. The number of hydrogen-bond acceptors (Lipinski definition) is 3. The highest BCUT2D eigenvalue weighted by Crippen LogP contribution is 2.38. The number of pyridine rings is 2. The fourth-order valence-corrected chi connectivity index (χ4v) is 3.94. The summed E-state index contributed by atoms with van der Waals surface area (Å²) in [6, 6.07) is 16.3. The van der Waals surface area contributed by atoms with Gasteiger partial charge in [-0.05, 0) is 30.7 Å². The second kappa shape index (κ2) is 5.02. The second-order valence-corrected chi connectivity index (χ2v) is 6.37. The predicted octanol–water partition coefficient (Wildman–Crippen LogP) is 3.17. The molecule has 0 spiro atoms. The third-order valence-electron chi connectivity index (χ3n) is 5.06. The maximum atomic E-state index is 13.0. The van der Waals surface area contributed by atoms with Crippen molar-refractivity contribution in [3.05, 3.63) is 75.9 Å². The average Bonchev–Trinajstić information content (AvgIpc) is 3.13. The summed E-state index contributed by atoms with van der Waals surface area (Å²) in [7, 11) is 0. The van der Waals surface area contributed by atoms with E-state index in [9.17, 15) is 14.4 Å². The summed E-state index contributed by atoms with van der Waals surface area (Å²) >= 11 is 0. The van der Waals surface area contributed by atoms with Crippen molar-refractivity contribution in [1.29, 1.82) is 0 Å². The minimum Gasteiger partial charge on any atom is -0.305 e. The van der Waals surface area contributed by atoms with E-state index in [-0.39, 0.29) is 17.2 Å². The molecule has 0 fully saturated rings. The number of nitrogens with zero attached hydrogens (tertiary/aromatic N) is 2. The van der Waals surface area contributed by atoms with Crippen LogP contribution in [0.5, 0.6) is 0 Å². The predicted molar refractivity (Wildman–Crippen MR) is 98.8 cm³/mol. The Morgan fingerprint density at radius 3 is 2.23 bits per heavy atom. The van der Waals surface area contributed by atoms with E-state index in [1.807, 2.05) is 30.3 Å². The van der Waals surface area contributed by atoms with E-state index < -0.39 is 0 Å². The smallest absolute Gasteiger partial charge is 0.263 e. The summed E-state index contributed by atoms with van der Waals surface area (Å²) in [5.74, 6) is -0.594. The van der Waals surface area contributed by atoms with Gasteiger partial charge in [-0.1, -0.05) is 36.4 Å². The van der Waals surface area contributed by atoms with Crippen LogP contribution in [0.2, 0.25) is 0 Å². The van der Waals surface area contributed by atoms with Gasteiger partial charge in [0, 0.05) is 12.1 Å². The molecule has 1 aliphatic heterocycles. The third kappa shape index (κ3) is 1.67. The number of benzene rings is 1. The highest BCUT2D eigenvalue weighted by molar-refractivity contribution is 6.29. The van der Waals surface area contributed by atoms with E-state index in [0.29, 0.717) is 39.8 Å². The van der Waals surface area contributed by atoms with Crippen LogP contribution in [0.4, 0.5) is 0 Å². The van der Waals surface area contributed by atoms with E-state index in [1.54, 1.807) is 35.6 Å². The van der Waals surface area contributed by atoms with Crippen LogP contribution in [0, 0.1) is 0 Å². The van der Waals surface area contributed by atoms with Gasteiger partial charge in [0.25, 0.3) is 11.8 Å². The molecule has 0 aliphatic carbocycles. The molecule has 5 heteroatoms. The van der Waals surface area contributed by atoms with Crippen molar-refractivity contribution in [2.45, 2.75) is 6.92 Å². The van der Waals surface area contributed by atoms with Gasteiger partial charge in [-0.2, -0.15) is 0 Å². The molecule has 3 aromatic heterocycles. The fourth-order valence-electron chi connectivity index (χ4n) is 3.94. The van der Waals surface area contributed by atoms with Crippen LogP contribution in [-0.2, 0) is 0 Å². The molecule has 0 saturated carbocycles. The number of hydrogen-bond donors (Lipinski definition) is 0. The quantitative estimate of drug-likeness (QED) is 0.526. The zero-order valence-electron chi connectivity index (χ0n) is 14.0. The Hall–Kier alpha value is -3.47. The zero-order valence-corrected chi connectivity index (χ0v) is 14.0. The molecule has 0 radical (unpaired) electrons. The Morgan fingerprint density at radius 2 is 1.50 bits per heavy atom. The SMILES string of the molecule is CCN1C(=O)c2c(c3c(-c4ccccc4)cc(=O)c4cccc2n34)C1=O. The van der Waals surface area contributed by atoms with Crippen molar-refractivity contribution >= 4 is 28.4 Å². The highest BCUT2D eigenvalue weighted by atomic mass is 16.2. The van der Waals surface area contributed by atoms with Crippen LogP contribution in [0.25, 0.3) is 27.7 Å². The number of aromatic nitrogens is 1. The Kier molecular flexibility index (Phi) is 2.86. The summed E-state index contributed by atoms with van der Waals surface area (Å²) in [5, 5.41) is 0. The number of imide groups is 1. The van der Waals surface area contributed by atoms with Crippen molar-refractivity contribution in [1.82, 2.24) is 9.30 Å². The normalized spacial score (nSPS) is 14.0. The third-order valence-corrected chi connectivity index (χ3v) is 5.06. The fraction of sp³-hybridized carbons (Fsp3) is 0.0952. The minimum atomic E-state index is -0.298. The van der Waals surface area contributed by atoms with Gasteiger partial charge in [0.1, 0.15) is 0 Å². The molecule has 0 N–H and O–H groups in total. The van der Waals surface area contributed by atoms with E-state index >= 15 is 0 Å². The summed E-state index contributed by atoms with van der Waals surface area (Å²) < 4.78 is 1.76. The van der Waals surface area contributed by atoms with Crippen LogP contribution in [0.1, 0.15) is 27.6 Å². The number of rotatable bonds is 2. The Morgan fingerprint density at radius 1 is 0.808 bits per heavy atom. The lowest BCUT2D eigenvalue weighted by molar-refractivity contribution is 0.0663. The minimum absolute atomic E-state index is 0.136. The molecule has 126 valence electrons. The summed E-state index contributed by atoms with van der Waals surface area (Å²) in [4.78, 5) is 39.7. The van der Waals surface area contributed by atoms with Gasteiger partial charge >= 0.3 is 0 Å². The molecule has 2 amide bonds. The lowest BCUT2D eigenvalue weighted by Gasteiger charge is -2.14. The first-order chi connectivity index (χ1) is 12.6. The number of amides is 2. The Labute approximate surface area is 148 Å². The van der Waals surface area contributed by atoms with Gasteiger partial charge < -0.3 is 4.40 Å². The summed E-state index contributed by atoms with van der Waals surface area (Å²) in [6.45, 7) is 2.10. The first kappa shape index (κ1) is 14.8. The lowest BCUT2D eigenvalue weighted by atomic mass is 10.0. The monoisotopic (exact) mass is 342 g/mol. The molecule has 1 aliphatic rings. The molecule has 4 heterocycles. The molecule has 0 saturated heterocycles. The molecule has 1 aromatic carbocycles. The number of carbonyl (C=O) groups is 2. The van der Waals surface area contributed by atoms with Crippen molar-refractivity contribution in [2.75, 3.05) is 6.54 Å². The number of carbonyl (C=O) groups excluding carboxylic acids is 2. The standard InChI is InChI=1S/C21H14N2O3/c1-2-22-20(25)17-15-10-6-9-14-16(24)11-13(12-7-4-3-5-8-12)19(23(14)15)18(17)21(22)26/h3-11H,2H2,1H3. The average molecular weight is 342 g/mol. The van der Waals surface area contributed by atoms with Crippen molar-refractivity contribution < 1.29 is 9.59 Å². The van der Waals surface area contributed by atoms with Crippen molar-refractivity contribution in [3.8, 4) is 11.1 Å². The molecule has 5 rings (SSSR count). The van der Waals surface area contributed by atoms with E-state index in [4.69, 9.17) is 0 Å². The first-order valence-corrected chi connectivity index (χ1v) is 8.49. The van der Waals surface area contributed by atoms with E-state index in [2.05, 4.69) is 0 Å². The Balaban J connectivity index is 2.04. The molecule has 5 nitrogen and oxygen atoms in total. The maximum Gasteiger partial charge on any atom is 0.263 e. The van der Waals surface area contributed by atoms with Gasteiger partial charge in [-0.3, -0.25) is 19.3 Å². The maximum absolute atomic E-state index is 13.0. The molecule has 4 aromatic rings. The molecular weight excluding hydrogens is 328 g/mol. The van der Waals surface area contributed by atoms with Gasteiger partial charge in [-0.15, -0.1) is 0 Å². The Bertz CT molecular complexity index is 1270. The van der Waals surface area contributed by atoms with Gasteiger partial charge in [0.05, 0.1) is 27.7 Å².